The van der Waals surface area contributed by atoms with Crippen LogP contribution in [0.4, 0.5) is 10.1 Å². The second-order valence-corrected chi connectivity index (χ2v) is 4.65. The zero-order chi connectivity index (χ0) is 12.5. The van der Waals surface area contributed by atoms with Crippen LogP contribution in [-0.2, 0) is 4.79 Å². The average molecular weight is 237 g/mol. The molecule has 2 rings (SSSR count). The normalized spacial score (nSPS) is 18.1. The Morgan fingerprint density at radius 3 is 2.65 bits per heavy atom. The number of carbonyl (C=O) groups excluding carboxylic acids is 1. The molecule has 1 amide bonds. The van der Waals surface area contributed by atoms with E-state index in [1.165, 1.54) is 18.2 Å². The van der Waals surface area contributed by atoms with Gasteiger partial charge in [-0.1, -0.05) is 0 Å². The molecule has 1 aliphatic carbocycles. The molecule has 2 N–H and O–H groups in total. The van der Waals surface area contributed by atoms with Crippen molar-refractivity contribution in [2.24, 2.45) is 0 Å². The maximum Gasteiger partial charge on any atom is 0.256 e. The smallest absolute Gasteiger partial charge is 0.256 e. The van der Waals surface area contributed by atoms with Crippen LogP contribution in [0.25, 0.3) is 0 Å². The summed E-state index contributed by atoms with van der Waals surface area (Å²) in [7, 11) is 0. The molecule has 17 heavy (non-hydrogen) atoms. The van der Waals surface area contributed by atoms with E-state index in [0.717, 1.165) is 12.8 Å². The number of nitrogens with one attached hydrogen (secondary N) is 1. The van der Waals surface area contributed by atoms with E-state index in [1.54, 1.807) is 6.92 Å². The van der Waals surface area contributed by atoms with E-state index in [-0.39, 0.29) is 11.7 Å². The molecule has 0 saturated heterocycles. The molecule has 0 aliphatic heterocycles. The average Bonchev–Trinajstić information content (AvgIpc) is 2.71. The van der Waals surface area contributed by atoms with Crippen LogP contribution < -0.4 is 5.32 Å². The predicted molar refractivity (Wildman–Crippen MR) is 63.2 cm³/mol. The zero-order valence-electron chi connectivity index (χ0n) is 9.79. The summed E-state index contributed by atoms with van der Waals surface area (Å²) in [5, 5.41) is 12.7. The topological polar surface area (TPSA) is 49.3 Å². The minimum Gasteiger partial charge on any atom is -0.380 e. The van der Waals surface area contributed by atoms with Gasteiger partial charge in [0, 0.05) is 5.69 Å². The number of rotatable bonds is 2. The molecule has 0 radical (unpaired) electrons. The van der Waals surface area contributed by atoms with Gasteiger partial charge in [-0.25, -0.2) is 4.39 Å². The number of hydrogen-bond donors (Lipinski definition) is 2. The fraction of sp³-hybridized carbons (Fsp3) is 0.462. The van der Waals surface area contributed by atoms with E-state index in [4.69, 9.17) is 0 Å². The van der Waals surface area contributed by atoms with Gasteiger partial charge in [-0.15, -0.1) is 0 Å². The number of benzene rings is 1. The lowest BCUT2D eigenvalue weighted by Gasteiger charge is -2.21. The number of aliphatic hydroxyl groups is 1. The van der Waals surface area contributed by atoms with Crippen LogP contribution in [0, 0.1) is 12.7 Å². The molecule has 1 fully saturated rings. The summed E-state index contributed by atoms with van der Waals surface area (Å²) >= 11 is 0. The van der Waals surface area contributed by atoms with Gasteiger partial charge in [-0.3, -0.25) is 4.79 Å². The first-order chi connectivity index (χ1) is 8.01. The molecule has 1 aromatic rings. The molecule has 1 aromatic carbocycles. The first-order valence-electron chi connectivity index (χ1n) is 5.81. The predicted octanol–water partition coefficient (Wildman–Crippen LogP) is 2.38. The Hall–Kier alpha value is -1.42. The molecule has 0 atom stereocenters. The third-order valence-corrected chi connectivity index (χ3v) is 3.29. The van der Waals surface area contributed by atoms with Gasteiger partial charge in [0.15, 0.2) is 0 Å². The van der Waals surface area contributed by atoms with Crippen LogP contribution >= 0.6 is 0 Å². The Bertz CT molecular complexity index is 439. The maximum absolute atomic E-state index is 12.9. The summed E-state index contributed by atoms with van der Waals surface area (Å²) in [4.78, 5) is 11.9. The van der Waals surface area contributed by atoms with Crippen molar-refractivity contribution in [3.8, 4) is 0 Å². The van der Waals surface area contributed by atoms with Crippen molar-refractivity contribution in [2.45, 2.75) is 38.2 Å². The van der Waals surface area contributed by atoms with Crippen LogP contribution in [0.15, 0.2) is 18.2 Å². The minimum absolute atomic E-state index is 0.333. The molecule has 4 heteroatoms. The first-order valence-corrected chi connectivity index (χ1v) is 5.81. The number of aryl methyl sites for hydroxylation is 1. The fourth-order valence-corrected chi connectivity index (χ4v) is 2.19. The Balaban J connectivity index is 2.13. The second-order valence-electron chi connectivity index (χ2n) is 4.65. The van der Waals surface area contributed by atoms with Gasteiger partial charge in [0.2, 0.25) is 0 Å². The molecule has 0 bridgehead atoms. The van der Waals surface area contributed by atoms with E-state index >= 15 is 0 Å². The van der Waals surface area contributed by atoms with Crippen LogP contribution in [0.5, 0.6) is 0 Å². The van der Waals surface area contributed by atoms with E-state index < -0.39 is 5.60 Å². The molecule has 0 spiro atoms. The highest BCUT2D eigenvalue weighted by Crippen LogP contribution is 2.31. The van der Waals surface area contributed by atoms with Crippen molar-refractivity contribution < 1.29 is 14.3 Å². The van der Waals surface area contributed by atoms with Crippen LogP contribution in [0.3, 0.4) is 0 Å². The van der Waals surface area contributed by atoms with Crippen LogP contribution in [0.2, 0.25) is 0 Å². The first kappa shape index (κ1) is 12.0. The van der Waals surface area contributed by atoms with Crippen LogP contribution in [-0.4, -0.2) is 16.6 Å². The third kappa shape index (κ3) is 2.47. The number of carbonyl (C=O) groups is 1. The summed E-state index contributed by atoms with van der Waals surface area (Å²) in [5.74, 6) is -0.718. The van der Waals surface area contributed by atoms with E-state index in [0.29, 0.717) is 24.1 Å². The number of hydrogen-bond acceptors (Lipinski definition) is 2. The van der Waals surface area contributed by atoms with Gasteiger partial charge in [-0.05, 0) is 56.4 Å². The van der Waals surface area contributed by atoms with Crippen molar-refractivity contribution in [2.75, 3.05) is 5.32 Å². The molecule has 0 unspecified atom stereocenters. The molecular weight excluding hydrogens is 221 g/mol. The summed E-state index contributed by atoms with van der Waals surface area (Å²) in [6.45, 7) is 1.72. The Kier molecular flexibility index (Phi) is 3.15. The lowest BCUT2D eigenvalue weighted by molar-refractivity contribution is -0.133. The standard InChI is InChI=1S/C13H16FNO2/c1-9-8-10(14)4-5-11(9)15-12(16)13(17)6-2-3-7-13/h4-5,8,17H,2-3,6-7H2,1H3,(H,15,16). The van der Waals surface area contributed by atoms with Crippen molar-refractivity contribution in [3.63, 3.8) is 0 Å². The highest BCUT2D eigenvalue weighted by molar-refractivity contribution is 5.97. The minimum atomic E-state index is -1.25. The highest BCUT2D eigenvalue weighted by Gasteiger charge is 2.38. The van der Waals surface area contributed by atoms with Crippen molar-refractivity contribution in [1.82, 2.24) is 0 Å². The quantitative estimate of drug-likeness (QED) is 0.829. The highest BCUT2D eigenvalue weighted by atomic mass is 19.1. The van der Waals surface area contributed by atoms with Crippen molar-refractivity contribution >= 4 is 11.6 Å². The third-order valence-electron chi connectivity index (χ3n) is 3.29. The lowest BCUT2D eigenvalue weighted by Crippen LogP contribution is -2.40. The van der Waals surface area contributed by atoms with Gasteiger partial charge in [0.1, 0.15) is 11.4 Å². The Labute approximate surface area is 99.7 Å². The van der Waals surface area contributed by atoms with Crippen molar-refractivity contribution in [3.05, 3.63) is 29.6 Å². The number of anilines is 1. The lowest BCUT2D eigenvalue weighted by atomic mass is 10.0. The van der Waals surface area contributed by atoms with Gasteiger partial charge >= 0.3 is 0 Å². The Morgan fingerprint density at radius 2 is 2.06 bits per heavy atom. The molecular formula is C13H16FNO2. The zero-order valence-corrected chi connectivity index (χ0v) is 9.79. The summed E-state index contributed by atoms with van der Waals surface area (Å²) in [5.41, 5.74) is -0.0439. The van der Waals surface area contributed by atoms with Gasteiger partial charge in [-0.2, -0.15) is 0 Å². The van der Waals surface area contributed by atoms with E-state index in [2.05, 4.69) is 5.32 Å². The molecule has 92 valence electrons. The van der Waals surface area contributed by atoms with E-state index in [1.807, 2.05) is 0 Å². The Morgan fingerprint density at radius 1 is 1.41 bits per heavy atom. The van der Waals surface area contributed by atoms with Gasteiger partial charge < -0.3 is 10.4 Å². The molecule has 1 aliphatic rings. The largest absolute Gasteiger partial charge is 0.380 e. The molecule has 0 aromatic heterocycles. The number of amides is 1. The molecule has 3 nitrogen and oxygen atoms in total. The van der Waals surface area contributed by atoms with E-state index in [9.17, 15) is 14.3 Å². The maximum atomic E-state index is 12.9. The molecule has 1 saturated carbocycles. The van der Waals surface area contributed by atoms with Gasteiger partial charge in [0.25, 0.3) is 5.91 Å². The summed E-state index contributed by atoms with van der Waals surface area (Å²) in [6.07, 6.45) is 2.73. The SMILES string of the molecule is Cc1cc(F)ccc1NC(=O)C1(O)CCCC1. The summed E-state index contributed by atoms with van der Waals surface area (Å²) < 4.78 is 12.9. The second kappa shape index (κ2) is 4.45. The van der Waals surface area contributed by atoms with Crippen molar-refractivity contribution in [1.29, 1.82) is 0 Å². The summed E-state index contributed by atoms with van der Waals surface area (Å²) in [6, 6.07) is 4.16. The number of halogens is 1. The monoisotopic (exact) mass is 237 g/mol. The van der Waals surface area contributed by atoms with Crippen LogP contribution in [0.1, 0.15) is 31.2 Å². The van der Waals surface area contributed by atoms with Gasteiger partial charge in [0.05, 0.1) is 0 Å². The molecule has 0 heterocycles. The fourth-order valence-electron chi connectivity index (χ4n) is 2.19.